The van der Waals surface area contributed by atoms with E-state index in [4.69, 9.17) is 4.74 Å². The smallest absolute Gasteiger partial charge is 0.322 e. The maximum atomic E-state index is 12.8. The van der Waals surface area contributed by atoms with Gasteiger partial charge in [0, 0.05) is 49.4 Å². The first-order valence-corrected chi connectivity index (χ1v) is 15.3. The number of piperazine rings is 1. The SMILES string of the molecule is Cc1cc(COc2ccc(S(=O)(=O)NC[C@@H](C(=O)O)N3CCN(S(C)(=O)=O)CC3)cc2)c2ccccc2n1. The third-order valence-electron chi connectivity index (χ3n) is 6.39. The molecule has 0 unspecified atom stereocenters. The van der Waals surface area contributed by atoms with E-state index in [0.29, 0.717) is 5.75 Å². The standard InChI is InChI=1S/C25H30N4O7S2/c1-18-15-19(22-5-3-4-6-23(22)27-18)17-36-20-7-9-21(10-8-20)38(34,35)26-16-24(25(30)31)28-11-13-29(14-12-28)37(2,32)33/h3-10,15,24,26H,11-14,16-17H2,1-2H3,(H,30,31)/t24-/m0/s1. The first-order valence-electron chi connectivity index (χ1n) is 11.9. The molecule has 1 fully saturated rings. The number of nitrogens with one attached hydrogen (secondary N) is 1. The number of pyridine rings is 1. The van der Waals surface area contributed by atoms with Gasteiger partial charge in [0.1, 0.15) is 18.4 Å². The van der Waals surface area contributed by atoms with Crippen LogP contribution in [0.5, 0.6) is 5.75 Å². The van der Waals surface area contributed by atoms with Crippen molar-refractivity contribution in [2.24, 2.45) is 0 Å². The number of hydrogen-bond acceptors (Lipinski definition) is 8. The summed E-state index contributed by atoms with van der Waals surface area (Å²) in [6.45, 7) is 2.49. The van der Waals surface area contributed by atoms with Crippen LogP contribution < -0.4 is 9.46 Å². The number of carboxylic acid groups (broad SMARTS) is 1. The summed E-state index contributed by atoms with van der Waals surface area (Å²) in [5.74, 6) is -0.710. The largest absolute Gasteiger partial charge is 0.489 e. The minimum atomic E-state index is -3.99. The number of aliphatic carboxylic acids is 1. The minimum absolute atomic E-state index is 0.0268. The zero-order valence-corrected chi connectivity index (χ0v) is 22.7. The number of sulfonamides is 2. The number of carboxylic acids is 1. The second-order valence-electron chi connectivity index (χ2n) is 9.10. The fraction of sp³-hybridized carbons (Fsp3) is 0.360. The summed E-state index contributed by atoms with van der Waals surface area (Å²) in [5, 5.41) is 10.6. The number of benzene rings is 2. The maximum absolute atomic E-state index is 12.8. The van der Waals surface area contributed by atoms with Crippen LogP contribution in [0.25, 0.3) is 10.9 Å². The van der Waals surface area contributed by atoms with Gasteiger partial charge in [-0.3, -0.25) is 14.7 Å². The Morgan fingerprint density at radius 3 is 2.34 bits per heavy atom. The first kappa shape index (κ1) is 27.9. The minimum Gasteiger partial charge on any atom is -0.489 e. The van der Waals surface area contributed by atoms with Gasteiger partial charge in [0.05, 0.1) is 16.7 Å². The zero-order valence-electron chi connectivity index (χ0n) is 21.1. The first-order chi connectivity index (χ1) is 17.9. The number of rotatable bonds is 10. The van der Waals surface area contributed by atoms with E-state index in [2.05, 4.69) is 9.71 Å². The molecule has 2 aromatic carbocycles. The summed E-state index contributed by atoms with van der Waals surface area (Å²) in [6.07, 6.45) is 1.10. The predicted molar refractivity (Wildman–Crippen MR) is 142 cm³/mol. The molecule has 2 heterocycles. The van der Waals surface area contributed by atoms with Crippen molar-refractivity contribution in [2.45, 2.75) is 24.5 Å². The summed E-state index contributed by atoms with van der Waals surface area (Å²) in [5.41, 5.74) is 2.70. The van der Waals surface area contributed by atoms with Crippen molar-refractivity contribution in [1.82, 2.24) is 18.9 Å². The fourth-order valence-electron chi connectivity index (χ4n) is 4.38. The summed E-state index contributed by atoms with van der Waals surface area (Å²) in [6, 6.07) is 14.5. The normalized spacial score (nSPS) is 16.4. The van der Waals surface area contributed by atoms with Gasteiger partial charge in [-0.15, -0.1) is 0 Å². The Balaban J connectivity index is 1.37. The van der Waals surface area contributed by atoms with E-state index >= 15 is 0 Å². The summed E-state index contributed by atoms with van der Waals surface area (Å²) < 4.78 is 58.6. The molecule has 1 atom stereocenters. The lowest BCUT2D eigenvalue weighted by atomic mass is 10.1. The molecule has 0 saturated carbocycles. The van der Waals surface area contributed by atoms with E-state index in [-0.39, 0.29) is 44.2 Å². The molecule has 13 heteroatoms. The Kier molecular flexibility index (Phi) is 8.33. The number of hydrogen-bond donors (Lipinski definition) is 2. The molecule has 1 aromatic heterocycles. The summed E-state index contributed by atoms with van der Waals surface area (Å²) >= 11 is 0. The van der Waals surface area contributed by atoms with Crippen LogP contribution >= 0.6 is 0 Å². The van der Waals surface area contributed by atoms with Crippen molar-refractivity contribution in [3.05, 3.63) is 65.9 Å². The maximum Gasteiger partial charge on any atom is 0.322 e. The molecule has 2 N–H and O–H groups in total. The Labute approximate surface area is 222 Å². The van der Waals surface area contributed by atoms with E-state index in [0.717, 1.165) is 28.4 Å². The van der Waals surface area contributed by atoms with Crippen molar-refractivity contribution in [2.75, 3.05) is 39.0 Å². The van der Waals surface area contributed by atoms with E-state index in [9.17, 15) is 26.7 Å². The van der Waals surface area contributed by atoms with Crippen molar-refractivity contribution in [3.63, 3.8) is 0 Å². The fourth-order valence-corrected chi connectivity index (χ4v) is 6.25. The topological polar surface area (TPSA) is 146 Å². The molecule has 4 rings (SSSR count). The molecule has 1 aliphatic rings. The van der Waals surface area contributed by atoms with Crippen molar-refractivity contribution >= 4 is 36.9 Å². The number of aryl methyl sites for hydroxylation is 1. The Morgan fingerprint density at radius 2 is 1.71 bits per heavy atom. The van der Waals surface area contributed by atoms with Crippen LogP contribution in [0.4, 0.5) is 0 Å². The average Bonchev–Trinajstić information content (AvgIpc) is 2.87. The second-order valence-corrected chi connectivity index (χ2v) is 12.9. The highest BCUT2D eigenvalue weighted by Crippen LogP contribution is 2.22. The Morgan fingerprint density at radius 1 is 1.05 bits per heavy atom. The highest BCUT2D eigenvalue weighted by molar-refractivity contribution is 7.89. The van der Waals surface area contributed by atoms with Crippen LogP contribution in [-0.4, -0.2) is 87.1 Å². The average molecular weight is 563 g/mol. The third-order valence-corrected chi connectivity index (χ3v) is 9.14. The quantitative estimate of drug-likeness (QED) is 0.375. The van der Waals surface area contributed by atoms with Gasteiger partial charge in [-0.2, -0.15) is 4.31 Å². The molecular formula is C25H30N4O7S2. The van der Waals surface area contributed by atoms with Gasteiger partial charge in [0.15, 0.2) is 0 Å². The van der Waals surface area contributed by atoms with Crippen LogP contribution in [-0.2, 0) is 31.4 Å². The van der Waals surface area contributed by atoms with Gasteiger partial charge in [0.25, 0.3) is 0 Å². The lowest BCUT2D eigenvalue weighted by Gasteiger charge is -2.36. The van der Waals surface area contributed by atoms with Crippen LogP contribution in [0.2, 0.25) is 0 Å². The highest BCUT2D eigenvalue weighted by Gasteiger charge is 2.32. The van der Waals surface area contributed by atoms with E-state index in [1.807, 2.05) is 37.3 Å². The number of ether oxygens (including phenoxy) is 1. The van der Waals surface area contributed by atoms with E-state index in [1.54, 1.807) is 17.0 Å². The number of nitrogens with zero attached hydrogens (tertiary/aromatic N) is 3. The summed E-state index contributed by atoms with van der Waals surface area (Å²) in [4.78, 5) is 17.9. The Bertz CT molecular complexity index is 1520. The summed E-state index contributed by atoms with van der Waals surface area (Å²) in [7, 11) is -7.36. The number of aromatic nitrogens is 1. The molecule has 0 amide bonds. The highest BCUT2D eigenvalue weighted by atomic mass is 32.2. The van der Waals surface area contributed by atoms with Crippen molar-refractivity contribution in [3.8, 4) is 5.75 Å². The van der Waals surface area contributed by atoms with Crippen LogP contribution in [0.3, 0.4) is 0 Å². The number of fused-ring (bicyclic) bond motifs is 1. The number of carbonyl (C=O) groups is 1. The van der Waals surface area contributed by atoms with Crippen LogP contribution in [0.1, 0.15) is 11.3 Å². The molecule has 1 aliphatic heterocycles. The van der Waals surface area contributed by atoms with Crippen LogP contribution in [0, 0.1) is 6.92 Å². The number of para-hydroxylation sites is 1. The third kappa shape index (κ3) is 6.66. The molecule has 0 spiro atoms. The Hall–Kier alpha value is -3.10. The molecule has 0 radical (unpaired) electrons. The van der Waals surface area contributed by atoms with Gasteiger partial charge in [-0.1, -0.05) is 18.2 Å². The van der Waals surface area contributed by atoms with Gasteiger partial charge < -0.3 is 9.84 Å². The van der Waals surface area contributed by atoms with Crippen molar-refractivity contribution < 1.29 is 31.5 Å². The molecule has 38 heavy (non-hydrogen) atoms. The van der Waals surface area contributed by atoms with Gasteiger partial charge in [0.2, 0.25) is 20.0 Å². The molecule has 11 nitrogen and oxygen atoms in total. The molecule has 3 aromatic rings. The molecular weight excluding hydrogens is 532 g/mol. The molecule has 1 saturated heterocycles. The molecule has 0 aliphatic carbocycles. The lowest BCUT2D eigenvalue weighted by Crippen LogP contribution is -2.56. The lowest BCUT2D eigenvalue weighted by molar-refractivity contribution is -0.143. The van der Waals surface area contributed by atoms with Gasteiger partial charge in [-0.05, 0) is 43.3 Å². The van der Waals surface area contributed by atoms with Gasteiger partial charge >= 0.3 is 5.97 Å². The zero-order chi connectivity index (χ0) is 27.5. The van der Waals surface area contributed by atoms with E-state index in [1.165, 1.54) is 16.4 Å². The van der Waals surface area contributed by atoms with Crippen LogP contribution in [0.15, 0.2) is 59.5 Å². The second kappa shape index (κ2) is 11.3. The van der Waals surface area contributed by atoms with E-state index < -0.39 is 32.1 Å². The predicted octanol–water partition coefficient (Wildman–Crippen LogP) is 1.43. The molecule has 204 valence electrons. The van der Waals surface area contributed by atoms with Gasteiger partial charge in [-0.25, -0.2) is 21.6 Å². The van der Waals surface area contributed by atoms with Crippen molar-refractivity contribution in [1.29, 1.82) is 0 Å². The monoisotopic (exact) mass is 562 g/mol. The molecule has 0 bridgehead atoms.